The minimum atomic E-state index is -4.04. The van der Waals surface area contributed by atoms with Crippen LogP contribution in [0.1, 0.15) is 32.6 Å². The Labute approximate surface area is 129 Å². The van der Waals surface area contributed by atoms with Gasteiger partial charge in [0.1, 0.15) is 10.7 Å². The molecule has 0 saturated heterocycles. The Bertz CT molecular complexity index is 613. The zero-order valence-electron chi connectivity index (χ0n) is 11.8. The first-order valence-corrected chi connectivity index (χ1v) is 8.74. The standard InChI is InChI=1S/C14H19ClFNO3S/c1-10-4-6-14(9-18,7-5-10)17-21(19,20)13-3-2-11(15)8-12(13)16/h2-3,8,10,17-18H,4-7,9H2,1H3. The van der Waals surface area contributed by atoms with Crippen LogP contribution < -0.4 is 4.72 Å². The van der Waals surface area contributed by atoms with E-state index in [2.05, 4.69) is 11.6 Å². The van der Waals surface area contributed by atoms with Crippen LogP contribution in [0.15, 0.2) is 23.1 Å². The van der Waals surface area contributed by atoms with Gasteiger partial charge in [0.2, 0.25) is 10.0 Å². The Morgan fingerprint density at radius 1 is 1.43 bits per heavy atom. The minimum absolute atomic E-state index is 0.134. The maximum Gasteiger partial charge on any atom is 0.244 e. The van der Waals surface area contributed by atoms with Gasteiger partial charge in [-0.3, -0.25) is 0 Å². The molecule has 0 unspecified atom stereocenters. The summed E-state index contributed by atoms with van der Waals surface area (Å²) < 4.78 is 41.1. The lowest BCUT2D eigenvalue weighted by Crippen LogP contribution is -2.53. The summed E-state index contributed by atoms with van der Waals surface area (Å²) in [6, 6.07) is 3.43. The molecule has 21 heavy (non-hydrogen) atoms. The number of sulfonamides is 1. The number of nitrogens with one attached hydrogen (secondary N) is 1. The summed E-state index contributed by atoms with van der Waals surface area (Å²) in [5.74, 6) is -0.395. The van der Waals surface area contributed by atoms with Crippen molar-refractivity contribution in [3.63, 3.8) is 0 Å². The van der Waals surface area contributed by atoms with E-state index in [1.54, 1.807) is 0 Å². The summed E-state index contributed by atoms with van der Waals surface area (Å²) in [5, 5.41) is 9.74. The fourth-order valence-corrected chi connectivity index (χ4v) is 4.31. The number of benzene rings is 1. The average molecular weight is 336 g/mol. The first-order chi connectivity index (χ1) is 9.78. The van der Waals surface area contributed by atoms with Crippen LogP contribution >= 0.6 is 11.6 Å². The molecule has 0 heterocycles. The number of rotatable bonds is 4. The first kappa shape index (κ1) is 16.7. The van der Waals surface area contributed by atoms with Gasteiger partial charge in [-0.15, -0.1) is 0 Å². The van der Waals surface area contributed by atoms with Crippen molar-refractivity contribution < 1.29 is 17.9 Å². The molecule has 0 aliphatic heterocycles. The summed E-state index contributed by atoms with van der Waals surface area (Å²) >= 11 is 5.63. The molecule has 2 rings (SSSR count). The van der Waals surface area contributed by atoms with E-state index in [0.29, 0.717) is 18.8 Å². The third kappa shape index (κ3) is 3.74. The van der Waals surface area contributed by atoms with Crippen LogP contribution in [0.2, 0.25) is 5.02 Å². The van der Waals surface area contributed by atoms with Gasteiger partial charge in [-0.1, -0.05) is 18.5 Å². The molecule has 1 fully saturated rings. The van der Waals surface area contributed by atoms with Crippen LogP contribution in [0.3, 0.4) is 0 Å². The maximum atomic E-state index is 13.8. The molecule has 1 aliphatic rings. The van der Waals surface area contributed by atoms with Gasteiger partial charge in [0.15, 0.2) is 0 Å². The molecule has 118 valence electrons. The van der Waals surface area contributed by atoms with Crippen LogP contribution in [0.4, 0.5) is 4.39 Å². The van der Waals surface area contributed by atoms with Crippen molar-refractivity contribution in [2.45, 2.75) is 43.0 Å². The van der Waals surface area contributed by atoms with E-state index >= 15 is 0 Å². The number of hydrogen-bond donors (Lipinski definition) is 2. The molecule has 0 bridgehead atoms. The van der Waals surface area contributed by atoms with Crippen LogP contribution in [-0.2, 0) is 10.0 Å². The van der Waals surface area contributed by atoms with E-state index in [4.69, 9.17) is 11.6 Å². The van der Waals surface area contributed by atoms with E-state index < -0.39 is 26.3 Å². The lowest BCUT2D eigenvalue weighted by molar-refractivity contribution is 0.125. The summed E-state index contributed by atoms with van der Waals surface area (Å²) in [7, 11) is -4.04. The van der Waals surface area contributed by atoms with Crippen molar-refractivity contribution in [2.75, 3.05) is 6.61 Å². The second-order valence-corrected chi connectivity index (χ2v) is 7.89. The minimum Gasteiger partial charge on any atom is -0.394 e. The SMILES string of the molecule is CC1CCC(CO)(NS(=O)(=O)c2ccc(Cl)cc2F)CC1. The Morgan fingerprint density at radius 3 is 2.57 bits per heavy atom. The van der Waals surface area contributed by atoms with E-state index in [-0.39, 0.29) is 11.6 Å². The highest BCUT2D eigenvalue weighted by Gasteiger charge is 2.38. The van der Waals surface area contributed by atoms with Gasteiger partial charge >= 0.3 is 0 Å². The first-order valence-electron chi connectivity index (χ1n) is 6.88. The Balaban J connectivity index is 2.27. The van der Waals surface area contributed by atoms with Crippen molar-refractivity contribution >= 4 is 21.6 Å². The van der Waals surface area contributed by atoms with Crippen LogP contribution in [0.25, 0.3) is 0 Å². The molecule has 0 radical (unpaired) electrons. The van der Waals surface area contributed by atoms with Crippen molar-refractivity contribution in [1.29, 1.82) is 0 Å². The monoisotopic (exact) mass is 335 g/mol. The van der Waals surface area contributed by atoms with Gasteiger partial charge in [0, 0.05) is 5.02 Å². The summed E-state index contributed by atoms with van der Waals surface area (Å²) in [6.45, 7) is 1.79. The Kier molecular flexibility index (Phi) is 4.92. The zero-order valence-corrected chi connectivity index (χ0v) is 13.3. The summed E-state index contributed by atoms with van der Waals surface area (Å²) in [5.41, 5.74) is -0.905. The highest BCUT2D eigenvalue weighted by Crippen LogP contribution is 2.33. The number of aliphatic hydroxyl groups excluding tert-OH is 1. The molecule has 1 aromatic rings. The molecule has 7 heteroatoms. The van der Waals surface area contributed by atoms with Crippen molar-refractivity contribution in [3.05, 3.63) is 29.0 Å². The van der Waals surface area contributed by atoms with E-state index in [1.165, 1.54) is 6.07 Å². The molecule has 0 spiro atoms. The number of halogens is 2. The fourth-order valence-electron chi connectivity index (χ4n) is 2.64. The van der Waals surface area contributed by atoms with Gasteiger partial charge in [-0.2, -0.15) is 0 Å². The third-order valence-corrected chi connectivity index (χ3v) is 5.92. The largest absolute Gasteiger partial charge is 0.394 e. The van der Waals surface area contributed by atoms with E-state index in [1.807, 2.05) is 0 Å². The van der Waals surface area contributed by atoms with E-state index in [0.717, 1.165) is 25.0 Å². The number of aliphatic hydroxyl groups is 1. The molecule has 0 atom stereocenters. The molecule has 0 amide bonds. The lowest BCUT2D eigenvalue weighted by atomic mass is 9.78. The van der Waals surface area contributed by atoms with Gasteiger partial charge in [-0.25, -0.2) is 17.5 Å². The van der Waals surface area contributed by atoms with Crippen molar-refractivity contribution in [3.8, 4) is 0 Å². The quantitative estimate of drug-likeness (QED) is 0.889. The zero-order chi connectivity index (χ0) is 15.7. The smallest absolute Gasteiger partial charge is 0.244 e. The van der Waals surface area contributed by atoms with Crippen molar-refractivity contribution in [1.82, 2.24) is 4.72 Å². The van der Waals surface area contributed by atoms with Crippen LogP contribution in [-0.4, -0.2) is 25.7 Å². The van der Waals surface area contributed by atoms with Gasteiger partial charge < -0.3 is 5.11 Å². The molecule has 1 saturated carbocycles. The number of hydrogen-bond acceptors (Lipinski definition) is 3. The van der Waals surface area contributed by atoms with Gasteiger partial charge in [-0.05, 0) is 49.8 Å². The van der Waals surface area contributed by atoms with Crippen LogP contribution in [0, 0.1) is 11.7 Å². The Hall–Kier alpha value is -0.690. The average Bonchev–Trinajstić information content (AvgIpc) is 2.41. The Morgan fingerprint density at radius 2 is 2.05 bits per heavy atom. The normalized spacial score (nSPS) is 26.8. The maximum absolute atomic E-state index is 13.8. The van der Waals surface area contributed by atoms with E-state index in [9.17, 15) is 17.9 Å². The predicted octanol–water partition coefficient (Wildman–Crippen LogP) is 2.70. The van der Waals surface area contributed by atoms with Gasteiger partial charge in [0.25, 0.3) is 0 Å². The van der Waals surface area contributed by atoms with Crippen molar-refractivity contribution in [2.24, 2.45) is 5.92 Å². The molecule has 1 aliphatic carbocycles. The highest BCUT2D eigenvalue weighted by molar-refractivity contribution is 7.89. The predicted molar refractivity (Wildman–Crippen MR) is 79.2 cm³/mol. The molecule has 1 aromatic carbocycles. The molecule has 2 N–H and O–H groups in total. The van der Waals surface area contributed by atoms with Crippen LogP contribution in [0.5, 0.6) is 0 Å². The topological polar surface area (TPSA) is 66.4 Å². The summed E-state index contributed by atoms with van der Waals surface area (Å²) in [6.07, 6.45) is 2.73. The second-order valence-electron chi connectivity index (χ2n) is 5.80. The fraction of sp³-hybridized carbons (Fsp3) is 0.571. The molecular formula is C14H19ClFNO3S. The summed E-state index contributed by atoms with van der Waals surface area (Å²) in [4.78, 5) is -0.446. The molecule has 0 aromatic heterocycles. The van der Waals surface area contributed by atoms with Gasteiger partial charge in [0.05, 0.1) is 12.1 Å². The second kappa shape index (κ2) is 6.20. The molecular weight excluding hydrogens is 317 g/mol. The third-order valence-electron chi connectivity index (χ3n) is 4.07. The highest BCUT2D eigenvalue weighted by atomic mass is 35.5. The molecule has 4 nitrogen and oxygen atoms in total. The lowest BCUT2D eigenvalue weighted by Gasteiger charge is -2.38.